The van der Waals surface area contributed by atoms with Crippen LogP contribution in [0.25, 0.3) is 0 Å². The van der Waals surface area contributed by atoms with Crippen molar-refractivity contribution in [3.05, 3.63) is 0 Å². The number of hydrogen-bond acceptors (Lipinski definition) is 2. The SMILES string of the molecule is COC1C2CC3CN(C(=N)N)C1C3C2. The third kappa shape index (κ3) is 0.848. The Morgan fingerprint density at radius 3 is 2.86 bits per heavy atom. The smallest absolute Gasteiger partial charge is 0.188 e. The Balaban J connectivity index is 1.92. The number of likely N-dealkylation sites (tertiary alicyclic amines) is 1. The second kappa shape index (κ2) is 2.63. The van der Waals surface area contributed by atoms with Gasteiger partial charge in [0.1, 0.15) is 0 Å². The summed E-state index contributed by atoms with van der Waals surface area (Å²) in [6.07, 6.45) is 2.89. The third-order valence-corrected chi connectivity index (χ3v) is 4.40. The van der Waals surface area contributed by atoms with Gasteiger partial charge in [-0.25, -0.2) is 0 Å². The first kappa shape index (κ1) is 8.53. The minimum atomic E-state index is 0.229. The zero-order valence-electron chi connectivity index (χ0n) is 8.44. The molecule has 2 bridgehead atoms. The molecule has 0 radical (unpaired) electrons. The molecule has 4 heteroatoms. The summed E-state index contributed by atoms with van der Waals surface area (Å²) in [5, 5.41) is 7.56. The number of nitrogens with one attached hydrogen (secondary N) is 1. The summed E-state index contributed by atoms with van der Waals surface area (Å²) in [6.45, 7) is 0.987. The molecule has 3 rings (SSSR count). The Morgan fingerprint density at radius 2 is 2.21 bits per heavy atom. The Labute approximate surface area is 83.9 Å². The van der Waals surface area contributed by atoms with Crippen molar-refractivity contribution in [1.29, 1.82) is 5.41 Å². The summed E-state index contributed by atoms with van der Waals surface area (Å²) in [5.41, 5.74) is 5.61. The van der Waals surface area contributed by atoms with Gasteiger partial charge in [0.25, 0.3) is 0 Å². The van der Waals surface area contributed by atoms with Crippen LogP contribution in [0.2, 0.25) is 0 Å². The van der Waals surface area contributed by atoms with E-state index in [9.17, 15) is 0 Å². The monoisotopic (exact) mass is 195 g/mol. The highest BCUT2D eigenvalue weighted by Gasteiger charge is 2.59. The quantitative estimate of drug-likeness (QED) is 0.465. The second-order valence-corrected chi connectivity index (χ2v) is 4.88. The molecule has 0 spiro atoms. The molecule has 0 amide bonds. The molecule has 3 aliphatic rings. The molecule has 2 aliphatic carbocycles. The molecule has 3 fully saturated rings. The van der Waals surface area contributed by atoms with E-state index in [1.807, 2.05) is 0 Å². The number of ether oxygens (including phenoxy) is 1. The lowest BCUT2D eigenvalue weighted by Gasteiger charge is -2.31. The predicted octanol–water partition coefficient (Wildman–Crippen LogP) is 0.235. The van der Waals surface area contributed by atoms with Crippen molar-refractivity contribution in [2.75, 3.05) is 13.7 Å². The fourth-order valence-electron chi connectivity index (χ4n) is 3.99. The molecule has 1 saturated heterocycles. The van der Waals surface area contributed by atoms with Crippen molar-refractivity contribution in [3.63, 3.8) is 0 Å². The van der Waals surface area contributed by atoms with Gasteiger partial charge in [0.05, 0.1) is 12.1 Å². The highest BCUT2D eigenvalue weighted by molar-refractivity contribution is 5.75. The van der Waals surface area contributed by atoms with Gasteiger partial charge in [-0.3, -0.25) is 5.41 Å². The van der Waals surface area contributed by atoms with Crippen LogP contribution in [0.5, 0.6) is 0 Å². The summed E-state index contributed by atoms with van der Waals surface area (Å²) in [6, 6.07) is 0.404. The van der Waals surface area contributed by atoms with E-state index in [-0.39, 0.29) is 5.96 Å². The van der Waals surface area contributed by atoms with Gasteiger partial charge in [0.2, 0.25) is 0 Å². The summed E-state index contributed by atoms with van der Waals surface area (Å²) >= 11 is 0. The third-order valence-electron chi connectivity index (χ3n) is 4.40. The number of fused-ring (bicyclic) bond motifs is 1. The van der Waals surface area contributed by atoms with Gasteiger partial charge in [-0.2, -0.15) is 0 Å². The molecular weight excluding hydrogens is 178 g/mol. The summed E-state index contributed by atoms with van der Waals surface area (Å²) < 4.78 is 5.56. The van der Waals surface area contributed by atoms with Crippen molar-refractivity contribution < 1.29 is 4.74 Å². The first-order valence-corrected chi connectivity index (χ1v) is 5.36. The van der Waals surface area contributed by atoms with E-state index in [1.54, 1.807) is 7.11 Å². The number of rotatable bonds is 1. The maximum Gasteiger partial charge on any atom is 0.188 e. The van der Waals surface area contributed by atoms with Crippen LogP contribution in [0.1, 0.15) is 12.8 Å². The highest BCUT2D eigenvalue weighted by Crippen LogP contribution is 2.55. The topological polar surface area (TPSA) is 62.3 Å². The number of methoxy groups -OCH3 is 1. The minimum absolute atomic E-state index is 0.229. The fraction of sp³-hybridized carbons (Fsp3) is 0.900. The molecule has 5 atom stereocenters. The fourth-order valence-corrected chi connectivity index (χ4v) is 3.99. The van der Waals surface area contributed by atoms with Crippen LogP contribution in [0, 0.1) is 23.2 Å². The van der Waals surface area contributed by atoms with Gasteiger partial charge >= 0.3 is 0 Å². The number of hydrogen-bond donors (Lipinski definition) is 2. The van der Waals surface area contributed by atoms with Gasteiger partial charge in [0, 0.05) is 13.7 Å². The molecule has 1 heterocycles. The maximum absolute atomic E-state index is 7.56. The number of nitrogens with zero attached hydrogens (tertiary/aromatic N) is 1. The van der Waals surface area contributed by atoms with Crippen LogP contribution in [-0.2, 0) is 4.74 Å². The van der Waals surface area contributed by atoms with Crippen molar-refractivity contribution in [1.82, 2.24) is 4.90 Å². The van der Waals surface area contributed by atoms with Crippen molar-refractivity contribution in [2.45, 2.75) is 25.0 Å². The highest BCUT2D eigenvalue weighted by atomic mass is 16.5. The van der Waals surface area contributed by atoms with E-state index in [2.05, 4.69) is 4.90 Å². The van der Waals surface area contributed by atoms with Gasteiger partial charge in [0.15, 0.2) is 5.96 Å². The van der Waals surface area contributed by atoms with E-state index in [0.717, 1.165) is 24.3 Å². The van der Waals surface area contributed by atoms with Crippen LogP contribution in [0.4, 0.5) is 0 Å². The van der Waals surface area contributed by atoms with E-state index in [4.69, 9.17) is 15.9 Å². The van der Waals surface area contributed by atoms with Crippen molar-refractivity contribution in [3.8, 4) is 0 Å². The molecule has 4 nitrogen and oxygen atoms in total. The zero-order chi connectivity index (χ0) is 9.87. The van der Waals surface area contributed by atoms with Gasteiger partial charge in [-0.1, -0.05) is 0 Å². The summed E-state index contributed by atoms with van der Waals surface area (Å²) in [4.78, 5) is 2.05. The number of guanidine groups is 1. The lowest BCUT2D eigenvalue weighted by atomic mass is 9.88. The van der Waals surface area contributed by atoms with E-state index >= 15 is 0 Å². The van der Waals surface area contributed by atoms with Gasteiger partial charge in [-0.15, -0.1) is 0 Å². The second-order valence-electron chi connectivity index (χ2n) is 4.88. The van der Waals surface area contributed by atoms with Crippen LogP contribution >= 0.6 is 0 Å². The Bertz CT molecular complexity index is 279. The summed E-state index contributed by atoms with van der Waals surface area (Å²) in [5.74, 6) is 2.48. The molecule has 3 N–H and O–H groups in total. The first-order chi connectivity index (χ1) is 6.72. The zero-order valence-corrected chi connectivity index (χ0v) is 8.44. The summed E-state index contributed by atoms with van der Waals surface area (Å²) in [7, 11) is 1.79. The lowest BCUT2D eigenvalue weighted by molar-refractivity contribution is 0.0240. The molecular formula is C10H17N3O. The molecule has 78 valence electrons. The van der Waals surface area contributed by atoms with Crippen LogP contribution in [0.15, 0.2) is 0 Å². The van der Waals surface area contributed by atoms with E-state index < -0.39 is 0 Å². The molecule has 14 heavy (non-hydrogen) atoms. The van der Waals surface area contributed by atoms with E-state index in [1.165, 1.54) is 12.8 Å². The van der Waals surface area contributed by atoms with E-state index in [0.29, 0.717) is 12.1 Å². The van der Waals surface area contributed by atoms with Gasteiger partial charge < -0.3 is 15.4 Å². The standard InChI is InChI=1S/C10H17N3O/c1-14-9-5-2-6-4-13(10(11)12)8(9)7(6)3-5/h5-9H,2-4H2,1H3,(H3,11,12). The molecule has 0 aromatic carbocycles. The largest absolute Gasteiger partial charge is 0.379 e. The van der Waals surface area contributed by atoms with Crippen LogP contribution in [0.3, 0.4) is 0 Å². The average Bonchev–Trinajstić information content (AvgIpc) is 2.70. The molecule has 0 aromatic rings. The van der Waals surface area contributed by atoms with Crippen molar-refractivity contribution in [2.24, 2.45) is 23.5 Å². The maximum atomic E-state index is 7.56. The minimum Gasteiger partial charge on any atom is -0.379 e. The first-order valence-electron chi connectivity index (χ1n) is 5.36. The lowest BCUT2D eigenvalue weighted by Crippen LogP contribution is -2.47. The predicted molar refractivity (Wildman–Crippen MR) is 52.9 cm³/mol. The molecule has 1 aliphatic heterocycles. The average molecular weight is 195 g/mol. The Kier molecular flexibility index (Phi) is 1.60. The van der Waals surface area contributed by atoms with Crippen LogP contribution < -0.4 is 5.73 Å². The molecule has 2 saturated carbocycles. The normalized spacial score (nSPS) is 48.9. The number of nitrogens with two attached hydrogens (primary N) is 1. The van der Waals surface area contributed by atoms with Crippen LogP contribution in [-0.4, -0.2) is 36.7 Å². The van der Waals surface area contributed by atoms with Gasteiger partial charge in [-0.05, 0) is 30.6 Å². The molecule has 5 unspecified atom stereocenters. The molecule has 0 aromatic heterocycles. The Hall–Kier alpha value is -0.770. The van der Waals surface area contributed by atoms with Crippen molar-refractivity contribution >= 4 is 5.96 Å². The Morgan fingerprint density at radius 1 is 1.43 bits per heavy atom.